The summed E-state index contributed by atoms with van der Waals surface area (Å²) in [5.74, 6) is 0.621. The number of aromatic nitrogens is 3. The van der Waals surface area contributed by atoms with Crippen LogP contribution in [0.3, 0.4) is 0 Å². The molecule has 2 heterocycles. The fraction of sp³-hybridized carbons (Fsp3) is 0. The molecule has 0 bridgehead atoms. The fourth-order valence-electron chi connectivity index (χ4n) is 3.17. The van der Waals surface area contributed by atoms with Gasteiger partial charge in [-0.05, 0) is 30.0 Å². The number of rotatable bonds is 4. The van der Waals surface area contributed by atoms with E-state index in [4.69, 9.17) is 11.6 Å². The molecule has 5 aromatic rings. The van der Waals surface area contributed by atoms with E-state index >= 15 is 0 Å². The van der Waals surface area contributed by atoms with Crippen LogP contribution in [0.1, 0.15) is 10.4 Å². The summed E-state index contributed by atoms with van der Waals surface area (Å²) >= 11 is 9.34. The van der Waals surface area contributed by atoms with E-state index in [1.165, 1.54) is 0 Å². The first-order chi connectivity index (χ1) is 14.7. The maximum Gasteiger partial charge on any atom is 0.227 e. The molecule has 3 aromatic carbocycles. The monoisotopic (exact) mass is 447 g/mol. The Labute approximate surface area is 186 Å². The Balaban J connectivity index is 1.65. The molecule has 30 heavy (non-hydrogen) atoms. The van der Waals surface area contributed by atoms with E-state index in [0.29, 0.717) is 21.6 Å². The van der Waals surface area contributed by atoms with Gasteiger partial charge in [-0.15, -0.1) is 21.5 Å². The zero-order valence-corrected chi connectivity index (χ0v) is 17.9. The minimum absolute atomic E-state index is 0.0887. The number of thioether (sulfide) groups is 1. The van der Waals surface area contributed by atoms with Gasteiger partial charge in [-0.2, -0.15) is 0 Å². The lowest BCUT2D eigenvalue weighted by molar-refractivity contribution is 0.108. The van der Waals surface area contributed by atoms with Crippen molar-refractivity contribution in [2.75, 3.05) is 0 Å². The van der Waals surface area contributed by atoms with Crippen LogP contribution in [-0.2, 0) is 0 Å². The standard InChI is InChI=1S/C23H14ClN3OS2/c24-19-17-13-7-8-14-18(17)29-20(19)21-25-26-23(27(21)16-11-5-2-6-12-16)30-22(28)15-9-3-1-4-10-15/h1-14H. The molecule has 0 aliphatic carbocycles. The minimum atomic E-state index is -0.0887. The second kappa shape index (κ2) is 8.07. The molecule has 0 radical (unpaired) electrons. The topological polar surface area (TPSA) is 47.8 Å². The second-order valence-corrected chi connectivity index (χ2v) is 8.84. The molecule has 0 saturated heterocycles. The Kier molecular flexibility index (Phi) is 5.12. The lowest BCUT2D eigenvalue weighted by atomic mass is 10.2. The minimum Gasteiger partial charge on any atom is -0.281 e. The summed E-state index contributed by atoms with van der Waals surface area (Å²) in [6.07, 6.45) is 0. The highest BCUT2D eigenvalue weighted by Gasteiger charge is 2.23. The lowest BCUT2D eigenvalue weighted by Crippen LogP contribution is -2.01. The summed E-state index contributed by atoms with van der Waals surface area (Å²) in [6.45, 7) is 0. The molecular formula is C23H14ClN3OS2. The van der Waals surface area contributed by atoms with E-state index in [1.54, 1.807) is 23.5 Å². The van der Waals surface area contributed by atoms with Gasteiger partial charge in [0, 0.05) is 21.3 Å². The van der Waals surface area contributed by atoms with Crippen LogP contribution in [0.4, 0.5) is 0 Å². The Hall–Kier alpha value is -2.93. The molecule has 0 spiro atoms. The molecule has 0 amide bonds. The summed E-state index contributed by atoms with van der Waals surface area (Å²) < 4.78 is 2.97. The van der Waals surface area contributed by atoms with Crippen molar-refractivity contribution in [1.82, 2.24) is 14.8 Å². The number of hydrogen-bond acceptors (Lipinski definition) is 5. The van der Waals surface area contributed by atoms with Crippen LogP contribution in [0.25, 0.3) is 26.5 Å². The number of para-hydroxylation sites is 1. The smallest absolute Gasteiger partial charge is 0.227 e. The van der Waals surface area contributed by atoms with E-state index in [2.05, 4.69) is 10.2 Å². The molecule has 5 rings (SSSR count). The predicted octanol–water partition coefficient (Wildman–Crippen LogP) is 6.73. The van der Waals surface area contributed by atoms with Crippen molar-refractivity contribution in [3.8, 4) is 16.4 Å². The third kappa shape index (κ3) is 3.43. The highest BCUT2D eigenvalue weighted by molar-refractivity contribution is 8.14. The van der Waals surface area contributed by atoms with Crippen molar-refractivity contribution in [1.29, 1.82) is 0 Å². The van der Waals surface area contributed by atoms with Crippen LogP contribution >= 0.6 is 34.7 Å². The normalized spacial score (nSPS) is 11.1. The van der Waals surface area contributed by atoms with E-state index in [-0.39, 0.29) is 5.12 Å². The predicted molar refractivity (Wildman–Crippen MR) is 124 cm³/mol. The first kappa shape index (κ1) is 19.1. The molecule has 146 valence electrons. The zero-order chi connectivity index (χ0) is 20.5. The van der Waals surface area contributed by atoms with Gasteiger partial charge in [0.2, 0.25) is 10.3 Å². The number of thiophene rings is 1. The van der Waals surface area contributed by atoms with E-state index in [9.17, 15) is 4.79 Å². The van der Waals surface area contributed by atoms with Crippen molar-refractivity contribution < 1.29 is 4.79 Å². The number of carbonyl (C=O) groups excluding carboxylic acids is 1. The first-order valence-electron chi connectivity index (χ1n) is 9.18. The van der Waals surface area contributed by atoms with Gasteiger partial charge in [-0.1, -0.05) is 78.3 Å². The molecule has 7 heteroatoms. The van der Waals surface area contributed by atoms with Crippen molar-refractivity contribution in [2.45, 2.75) is 5.16 Å². The van der Waals surface area contributed by atoms with Crippen LogP contribution in [0.15, 0.2) is 90.1 Å². The number of benzene rings is 3. The molecule has 4 nitrogen and oxygen atoms in total. The van der Waals surface area contributed by atoms with Crippen LogP contribution in [-0.4, -0.2) is 19.9 Å². The fourth-order valence-corrected chi connectivity index (χ4v) is 5.44. The summed E-state index contributed by atoms with van der Waals surface area (Å²) in [5.41, 5.74) is 1.49. The number of halogens is 1. The summed E-state index contributed by atoms with van der Waals surface area (Å²) in [6, 6.07) is 26.9. The van der Waals surface area contributed by atoms with Gasteiger partial charge in [-0.3, -0.25) is 9.36 Å². The highest BCUT2D eigenvalue weighted by atomic mass is 35.5. The van der Waals surface area contributed by atoms with Gasteiger partial charge in [0.25, 0.3) is 0 Å². The summed E-state index contributed by atoms with van der Waals surface area (Å²) in [5, 5.41) is 10.8. The van der Waals surface area contributed by atoms with Crippen LogP contribution in [0.2, 0.25) is 5.02 Å². The van der Waals surface area contributed by atoms with Gasteiger partial charge in [-0.25, -0.2) is 0 Å². The Morgan fingerprint density at radius 2 is 1.53 bits per heavy atom. The van der Waals surface area contributed by atoms with Crippen LogP contribution in [0.5, 0.6) is 0 Å². The molecule has 0 N–H and O–H groups in total. The van der Waals surface area contributed by atoms with Gasteiger partial charge in [0.05, 0.1) is 9.90 Å². The van der Waals surface area contributed by atoms with Crippen molar-refractivity contribution in [3.05, 3.63) is 95.5 Å². The van der Waals surface area contributed by atoms with E-state index in [1.807, 2.05) is 77.4 Å². The third-order valence-corrected chi connectivity index (χ3v) is 7.12. The number of carbonyl (C=O) groups is 1. The summed E-state index contributed by atoms with van der Waals surface area (Å²) in [7, 11) is 0. The first-order valence-corrected chi connectivity index (χ1v) is 11.2. The van der Waals surface area contributed by atoms with Gasteiger partial charge in [0.1, 0.15) is 0 Å². The molecule has 0 aliphatic rings. The maximum atomic E-state index is 12.8. The molecule has 0 unspecified atom stereocenters. The summed E-state index contributed by atoms with van der Waals surface area (Å²) in [4.78, 5) is 13.6. The van der Waals surface area contributed by atoms with E-state index in [0.717, 1.165) is 32.4 Å². The molecule has 0 aliphatic heterocycles. The number of nitrogens with zero attached hydrogens (tertiary/aromatic N) is 3. The molecule has 0 saturated carbocycles. The number of hydrogen-bond donors (Lipinski definition) is 0. The molecular weight excluding hydrogens is 434 g/mol. The second-order valence-electron chi connectivity index (χ2n) is 6.47. The third-order valence-electron chi connectivity index (χ3n) is 4.58. The van der Waals surface area contributed by atoms with Gasteiger partial charge < -0.3 is 0 Å². The van der Waals surface area contributed by atoms with Crippen molar-refractivity contribution in [2.24, 2.45) is 0 Å². The highest BCUT2D eigenvalue weighted by Crippen LogP contribution is 2.42. The molecule has 0 fully saturated rings. The zero-order valence-electron chi connectivity index (χ0n) is 15.5. The largest absolute Gasteiger partial charge is 0.281 e. The quantitative estimate of drug-likeness (QED) is 0.286. The van der Waals surface area contributed by atoms with Crippen molar-refractivity contribution in [3.63, 3.8) is 0 Å². The Morgan fingerprint density at radius 3 is 2.27 bits per heavy atom. The number of fused-ring (bicyclic) bond motifs is 1. The Bertz CT molecular complexity index is 1350. The maximum absolute atomic E-state index is 12.8. The molecule has 0 atom stereocenters. The van der Waals surface area contributed by atoms with Gasteiger partial charge in [0.15, 0.2) is 5.82 Å². The SMILES string of the molecule is O=C(Sc1nnc(-c2sc3ccccc3c2Cl)n1-c1ccccc1)c1ccccc1. The average molecular weight is 448 g/mol. The Morgan fingerprint density at radius 1 is 0.867 bits per heavy atom. The molecule has 2 aromatic heterocycles. The lowest BCUT2D eigenvalue weighted by Gasteiger charge is -2.09. The van der Waals surface area contributed by atoms with Crippen LogP contribution < -0.4 is 0 Å². The average Bonchev–Trinajstić information content (AvgIpc) is 3.36. The van der Waals surface area contributed by atoms with Crippen LogP contribution in [0, 0.1) is 0 Å². The van der Waals surface area contributed by atoms with E-state index < -0.39 is 0 Å². The van der Waals surface area contributed by atoms with Gasteiger partial charge >= 0.3 is 0 Å². The van der Waals surface area contributed by atoms with Crippen molar-refractivity contribution >= 4 is 49.9 Å².